The van der Waals surface area contributed by atoms with Gasteiger partial charge < -0.3 is 34.7 Å². The number of hydrogen-bond donors (Lipinski definition) is 2. The van der Waals surface area contributed by atoms with Crippen LogP contribution >= 0.6 is 0 Å². The molecule has 0 saturated carbocycles. The minimum atomic E-state index is -0.305. The summed E-state index contributed by atoms with van der Waals surface area (Å²) in [6.45, 7) is 0. The lowest BCUT2D eigenvalue weighted by Crippen LogP contribution is -2.09. The van der Waals surface area contributed by atoms with Crippen molar-refractivity contribution >= 4 is 35.5 Å². The van der Waals surface area contributed by atoms with Crippen molar-refractivity contribution in [1.82, 2.24) is 0 Å². The number of amides is 1. The number of benzene rings is 3. The minimum absolute atomic E-state index is 0.305. The number of nitrogen functional groups attached to an aromatic ring is 1. The first kappa shape index (κ1) is 26.0. The van der Waals surface area contributed by atoms with Crippen LogP contribution in [-0.2, 0) is 4.79 Å². The van der Waals surface area contributed by atoms with E-state index >= 15 is 0 Å². The second kappa shape index (κ2) is 12.2. The van der Waals surface area contributed by atoms with Crippen LogP contribution in [0.15, 0.2) is 54.6 Å². The second-order valence-electron chi connectivity index (χ2n) is 7.57. The number of rotatable bonds is 10. The highest BCUT2D eigenvalue weighted by molar-refractivity contribution is 6.03. The van der Waals surface area contributed by atoms with Crippen molar-refractivity contribution in [2.75, 3.05) is 46.6 Å². The Hall–Kier alpha value is -4.59. The molecule has 0 radical (unpaired) electrons. The molecule has 36 heavy (non-hydrogen) atoms. The molecule has 0 aliphatic heterocycles. The highest BCUT2D eigenvalue weighted by atomic mass is 16.5. The third-order valence-corrected chi connectivity index (χ3v) is 5.34. The van der Waals surface area contributed by atoms with Gasteiger partial charge in [-0.05, 0) is 59.2 Å². The van der Waals surface area contributed by atoms with E-state index in [1.54, 1.807) is 59.8 Å². The quantitative estimate of drug-likeness (QED) is 0.231. The maximum absolute atomic E-state index is 12.7. The van der Waals surface area contributed by atoms with Gasteiger partial charge in [-0.2, -0.15) is 0 Å². The van der Waals surface area contributed by atoms with Gasteiger partial charge in [0.05, 0.1) is 46.9 Å². The van der Waals surface area contributed by atoms with E-state index in [9.17, 15) is 4.79 Å². The molecule has 188 valence electrons. The van der Waals surface area contributed by atoms with Crippen LogP contribution < -0.4 is 34.7 Å². The van der Waals surface area contributed by atoms with Crippen LogP contribution in [0.4, 0.5) is 11.4 Å². The predicted molar refractivity (Wildman–Crippen MR) is 143 cm³/mol. The second-order valence-corrected chi connectivity index (χ2v) is 7.57. The van der Waals surface area contributed by atoms with Gasteiger partial charge in [0, 0.05) is 12.1 Å². The Kier molecular flexibility index (Phi) is 8.83. The van der Waals surface area contributed by atoms with Crippen LogP contribution in [0, 0.1) is 0 Å². The average molecular weight is 491 g/mol. The molecule has 0 atom stereocenters. The lowest BCUT2D eigenvalue weighted by molar-refractivity contribution is -0.111. The fourth-order valence-corrected chi connectivity index (χ4v) is 3.50. The third kappa shape index (κ3) is 6.29. The van der Waals surface area contributed by atoms with E-state index < -0.39 is 0 Å². The van der Waals surface area contributed by atoms with Gasteiger partial charge >= 0.3 is 0 Å². The zero-order chi connectivity index (χ0) is 26.1. The molecule has 1 amide bonds. The van der Waals surface area contributed by atoms with Gasteiger partial charge in [-0.15, -0.1) is 0 Å². The Morgan fingerprint density at radius 2 is 1.42 bits per heavy atom. The summed E-state index contributed by atoms with van der Waals surface area (Å²) in [4.78, 5) is 12.7. The molecule has 0 aliphatic rings. The third-order valence-electron chi connectivity index (χ3n) is 5.34. The van der Waals surface area contributed by atoms with Crippen molar-refractivity contribution in [1.29, 1.82) is 0 Å². The van der Waals surface area contributed by atoms with Crippen LogP contribution in [0.2, 0.25) is 0 Å². The number of methoxy groups -OCH3 is 5. The van der Waals surface area contributed by atoms with Gasteiger partial charge in [-0.25, -0.2) is 0 Å². The van der Waals surface area contributed by atoms with E-state index in [-0.39, 0.29) is 5.91 Å². The highest BCUT2D eigenvalue weighted by Crippen LogP contribution is 2.38. The number of carbonyl (C=O) groups is 1. The summed E-state index contributed by atoms with van der Waals surface area (Å²) in [5.74, 6) is 2.49. The van der Waals surface area contributed by atoms with Gasteiger partial charge in [0.15, 0.2) is 11.5 Å². The summed E-state index contributed by atoms with van der Waals surface area (Å²) in [7, 11) is 7.81. The van der Waals surface area contributed by atoms with E-state index in [1.807, 2.05) is 42.5 Å². The Balaban J connectivity index is 1.85. The van der Waals surface area contributed by atoms with E-state index in [0.29, 0.717) is 40.1 Å². The van der Waals surface area contributed by atoms with Gasteiger partial charge in [-0.3, -0.25) is 4.79 Å². The fourth-order valence-electron chi connectivity index (χ4n) is 3.50. The molecule has 0 aromatic heterocycles. The summed E-state index contributed by atoms with van der Waals surface area (Å²) < 4.78 is 26.7. The molecular weight excluding hydrogens is 460 g/mol. The molecule has 0 bridgehead atoms. The molecule has 3 aromatic carbocycles. The molecule has 8 heteroatoms. The minimum Gasteiger partial charge on any atom is -0.497 e. The maximum Gasteiger partial charge on any atom is 0.248 e. The van der Waals surface area contributed by atoms with Gasteiger partial charge in [-0.1, -0.05) is 18.2 Å². The number of nitrogens with one attached hydrogen (secondary N) is 1. The van der Waals surface area contributed by atoms with Crippen LogP contribution in [0.3, 0.4) is 0 Å². The molecule has 0 saturated heterocycles. The molecule has 8 nitrogen and oxygen atoms in total. The zero-order valence-electron chi connectivity index (χ0n) is 21.0. The SMILES string of the molecule is COc1ccc(/C=C\c2cc(OC)c(OC)c(OC)c2)c(NC(=O)/C=C\c2ccc(OC)c(N)c2)c1. The lowest BCUT2D eigenvalue weighted by atomic mass is 10.1. The Bertz CT molecular complexity index is 1260. The number of ether oxygens (including phenoxy) is 5. The summed E-state index contributed by atoms with van der Waals surface area (Å²) in [5.41, 5.74) is 9.40. The maximum atomic E-state index is 12.7. The predicted octanol–water partition coefficient (Wildman–Crippen LogP) is 5.13. The van der Waals surface area contributed by atoms with Crippen molar-refractivity contribution in [3.05, 3.63) is 71.3 Å². The van der Waals surface area contributed by atoms with Crippen molar-refractivity contribution in [3.8, 4) is 28.7 Å². The molecule has 0 fully saturated rings. The van der Waals surface area contributed by atoms with Crippen LogP contribution in [0.1, 0.15) is 16.7 Å². The molecule has 0 spiro atoms. The average Bonchev–Trinajstić information content (AvgIpc) is 2.90. The molecule has 3 rings (SSSR count). The first-order chi connectivity index (χ1) is 17.4. The van der Waals surface area contributed by atoms with Gasteiger partial charge in [0.2, 0.25) is 11.7 Å². The van der Waals surface area contributed by atoms with E-state index in [4.69, 9.17) is 29.4 Å². The molecule has 0 heterocycles. The smallest absolute Gasteiger partial charge is 0.248 e. The van der Waals surface area contributed by atoms with Crippen molar-refractivity contribution < 1.29 is 28.5 Å². The Morgan fingerprint density at radius 3 is 2.00 bits per heavy atom. The van der Waals surface area contributed by atoms with E-state index in [0.717, 1.165) is 16.7 Å². The molecular formula is C28H30N2O6. The Morgan fingerprint density at radius 1 is 0.722 bits per heavy atom. The van der Waals surface area contributed by atoms with Crippen molar-refractivity contribution in [2.45, 2.75) is 0 Å². The number of carbonyl (C=O) groups excluding carboxylic acids is 1. The summed E-state index contributed by atoms with van der Waals surface area (Å²) in [5, 5.41) is 2.91. The Labute approximate surface area is 210 Å². The van der Waals surface area contributed by atoms with Gasteiger partial charge in [0.25, 0.3) is 0 Å². The van der Waals surface area contributed by atoms with Crippen LogP contribution in [0.25, 0.3) is 18.2 Å². The lowest BCUT2D eigenvalue weighted by Gasteiger charge is -2.13. The van der Waals surface area contributed by atoms with E-state index in [2.05, 4.69) is 5.32 Å². The zero-order valence-corrected chi connectivity index (χ0v) is 21.0. The topological polar surface area (TPSA) is 101 Å². The monoisotopic (exact) mass is 490 g/mol. The van der Waals surface area contributed by atoms with Crippen LogP contribution in [-0.4, -0.2) is 41.5 Å². The number of nitrogens with two attached hydrogens (primary N) is 1. The molecule has 3 N–H and O–H groups in total. The standard InChI is InChI=1S/C28H30N2O6/c1-32-21-11-10-20(9-6-19-15-25(34-3)28(36-5)26(16-19)35-4)23(17-21)30-27(31)13-8-18-7-12-24(33-2)22(29)14-18/h6-17H,29H2,1-5H3,(H,30,31)/b9-6-,13-8-. The summed E-state index contributed by atoms with van der Waals surface area (Å²) in [6.07, 6.45) is 6.88. The van der Waals surface area contributed by atoms with Crippen LogP contribution in [0.5, 0.6) is 28.7 Å². The van der Waals surface area contributed by atoms with Gasteiger partial charge in [0.1, 0.15) is 11.5 Å². The molecule has 3 aromatic rings. The summed E-state index contributed by atoms with van der Waals surface area (Å²) in [6, 6.07) is 14.4. The number of anilines is 2. The highest BCUT2D eigenvalue weighted by Gasteiger charge is 2.12. The fraction of sp³-hybridized carbons (Fsp3) is 0.179. The van der Waals surface area contributed by atoms with Crippen molar-refractivity contribution in [3.63, 3.8) is 0 Å². The van der Waals surface area contributed by atoms with Crippen molar-refractivity contribution in [2.24, 2.45) is 0 Å². The first-order valence-electron chi connectivity index (χ1n) is 11.0. The largest absolute Gasteiger partial charge is 0.497 e. The first-order valence-corrected chi connectivity index (χ1v) is 11.0. The normalized spacial score (nSPS) is 10.9. The summed E-state index contributed by atoms with van der Waals surface area (Å²) >= 11 is 0. The molecule has 0 unspecified atom stereocenters. The number of hydrogen-bond acceptors (Lipinski definition) is 7. The molecule has 0 aliphatic carbocycles. The van der Waals surface area contributed by atoms with E-state index in [1.165, 1.54) is 6.08 Å².